The molecule has 3 aromatic carbocycles. The van der Waals surface area contributed by atoms with Gasteiger partial charge < -0.3 is 23.9 Å². The van der Waals surface area contributed by atoms with Crippen molar-refractivity contribution in [1.29, 1.82) is 0 Å². The highest BCUT2D eigenvalue weighted by molar-refractivity contribution is 5.78. The number of benzene rings is 3. The fourth-order valence-electron chi connectivity index (χ4n) is 3.93. The number of hydrogen-bond acceptors (Lipinski definition) is 5. The molecule has 2 heterocycles. The van der Waals surface area contributed by atoms with E-state index in [2.05, 4.69) is 4.90 Å². The SMILES string of the molecule is O=CC1C=C(N2CCOCC2)Oc2c(-c3ccc(Oc4ccccc4)cc3)cccc21. The molecule has 156 valence electrons. The normalized spacial score (nSPS) is 17.9. The maximum absolute atomic E-state index is 11.9. The molecule has 1 saturated heterocycles. The van der Waals surface area contributed by atoms with E-state index in [0.29, 0.717) is 13.2 Å². The Hall–Kier alpha value is -3.57. The van der Waals surface area contributed by atoms with Gasteiger partial charge in [-0.2, -0.15) is 0 Å². The molecule has 0 radical (unpaired) electrons. The number of morpholine rings is 1. The first kappa shape index (κ1) is 19.4. The Bertz CT molecular complexity index is 1090. The molecule has 3 aromatic rings. The molecule has 5 rings (SSSR count). The molecular formula is C26H23NO4. The van der Waals surface area contributed by atoms with Gasteiger partial charge in [0.25, 0.3) is 0 Å². The third-order valence-corrected chi connectivity index (χ3v) is 5.55. The minimum absolute atomic E-state index is 0.331. The molecule has 5 nitrogen and oxygen atoms in total. The Morgan fingerprint density at radius 1 is 0.871 bits per heavy atom. The van der Waals surface area contributed by atoms with Gasteiger partial charge in [-0.25, -0.2) is 0 Å². The zero-order valence-corrected chi connectivity index (χ0v) is 17.1. The summed E-state index contributed by atoms with van der Waals surface area (Å²) in [4.78, 5) is 14.0. The molecule has 2 aliphatic rings. The van der Waals surface area contributed by atoms with Crippen molar-refractivity contribution in [2.24, 2.45) is 0 Å². The van der Waals surface area contributed by atoms with E-state index in [0.717, 1.165) is 59.2 Å². The van der Waals surface area contributed by atoms with Gasteiger partial charge in [0.1, 0.15) is 23.5 Å². The minimum Gasteiger partial charge on any atom is -0.457 e. The van der Waals surface area contributed by atoms with Crippen LogP contribution in [-0.2, 0) is 9.53 Å². The van der Waals surface area contributed by atoms with Crippen LogP contribution in [0.4, 0.5) is 0 Å². The molecule has 0 amide bonds. The Morgan fingerprint density at radius 3 is 2.35 bits per heavy atom. The maximum atomic E-state index is 11.9. The molecule has 1 unspecified atom stereocenters. The van der Waals surface area contributed by atoms with E-state index in [1.165, 1.54) is 0 Å². The summed E-state index contributed by atoms with van der Waals surface area (Å²) < 4.78 is 17.7. The van der Waals surface area contributed by atoms with Crippen LogP contribution in [0, 0.1) is 0 Å². The number of ether oxygens (including phenoxy) is 3. The van der Waals surface area contributed by atoms with Gasteiger partial charge in [0.05, 0.1) is 19.1 Å². The fraction of sp³-hybridized carbons (Fsp3) is 0.192. The molecule has 31 heavy (non-hydrogen) atoms. The van der Waals surface area contributed by atoms with Gasteiger partial charge in [-0.05, 0) is 35.9 Å². The smallest absolute Gasteiger partial charge is 0.193 e. The maximum Gasteiger partial charge on any atom is 0.193 e. The summed E-state index contributed by atoms with van der Waals surface area (Å²) >= 11 is 0. The quantitative estimate of drug-likeness (QED) is 0.551. The van der Waals surface area contributed by atoms with Crippen molar-refractivity contribution in [2.45, 2.75) is 5.92 Å². The fourth-order valence-corrected chi connectivity index (χ4v) is 3.93. The molecule has 0 aliphatic carbocycles. The van der Waals surface area contributed by atoms with Crippen molar-refractivity contribution in [2.75, 3.05) is 26.3 Å². The standard InChI is InChI=1S/C26H23NO4/c28-18-20-17-25(27-13-15-29-16-14-27)31-26-23(7-4-8-24(20)26)19-9-11-22(12-10-19)30-21-5-2-1-3-6-21/h1-12,17-18,20H,13-16H2. The summed E-state index contributed by atoms with van der Waals surface area (Å²) in [6.07, 6.45) is 2.88. The number of fused-ring (bicyclic) bond motifs is 1. The molecule has 1 atom stereocenters. The van der Waals surface area contributed by atoms with Gasteiger partial charge in [0, 0.05) is 24.2 Å². The molecule has 0 aromatic heterocycles. The van der Waals surface area contributed by atoms with E-state index in [-0.39, 0.29) is 5.92 Å². The van der Waals surface area contributed by atoms with Crippen molar-refractivity contribution in [3.8, 4) is 28.4 Å². The summed E-state index contributed by atoms with van der Waals surface area (Å²) in [5.41, 5.74) is 2.84. The highest BCUT2D eigenvalue weighted by atomic mass is 16.5. The van der Waals surface area contributed by atoms with Crippen LogP contribution in [0.1, 0.15) is 11.5 Å². The lowest BCUT2D eigenvalue weighted by molar-refractivity contribution is -0.108. The number of allylic oxidation sites excluding steroid dienone is 1. The van der Waals surface area contributed by atoms with Crippen LogP contribution in [0.2, 0.25) is 0 Å². The summed E-state index contributed by atoms with van der Waals surface area (Å²) in [7, 11) is 0. The number of nitrogens with zero attached hydrogens (tertiary/aromatic N) is 1. The van der Waals surface area contributed by atoms with Gasteiger partial charge in [-0.3, -0.25) is 0 Å². The van der Waals surface area contributed by atoms with Crippen molar-refractivity contribution in [1.82, 2.24) is 4.90 Å². The third kappa shape index (κ3) is 4.05. The first-order valence-electron chi connectivity index (χ1n) is 10.5. The van der Waals surface area contributed by atoms with Crippen LogP contribution in [0.25, 0.3) is 11.1 Å². The zero-order chi connectivity index (χ0) is 21.0. The average molecular weight is 413 g/mol. The Morgan fingerprint density at radius 2 is 1.61 bits per heavy atom. The summed E-state index contributed by atoms with van der Waals surface area (Å²) in [5, 5.41) is 0. The Labute approximate surface area is 181 Å². The van der Waals surface area contributed by atoms with Crippen LogP contribution in [-0.4, -0.2) is 37.5 Å². The third-order valence-electron chi connectivity index (χ3n) is 5.55. The van der Waals surface area contributed by atoms with Crippen molar-refractivity contribution in [3.63, 3.8) is 0 Å². The molecule has 0 N–H and O–H groups in total. The molecule has 5 heteroatoms. The lowest BCUT2D eigenvalue weighted by Crippen LogP contribution is -2.38. The van der Waals surface area contributed by atoms with Crippen molar-refractivity contribution < 1.29 is 19.0 Å². The highest BCUT2D eigenvalue weighted by Gasteiger charge is 2.27. The predicted molar refractivity (Wildman–Crippen MR) is 118 cm³/mol. The number of rotatable bonds is 5. The van der Waals surface area contributed by atoms with Gasteiger partial charge in [-0.1, -0.05) is 48.5 Å². The summed E-state index contributed by atoms with van der Waals surface area (Å²) in [5.74, 6) is 2.69. The van der Waals surface area contributed by atoms with E-state index in [1.807, 2.05) is 78.9 Å². The molecule has 0 saturated carbocycles. The second kappa shape index (κ2) is 8.66. The van der Waals surface area contributed by atoms with E-state index >= 15 is 0 Å². The number of carbonyl (C=O) groups excluding carboxylic acids is 1. The molecule has 2 aliphatic heterocycles. The zero-order valence-electron chi connectivity index (χ0n) is 17.1. The van der Waals surface area contributed by atoms with E-state index in [4.69, 9.17) is 14.2 Å². The number of carbonyl (C=O) groups is 1. The van der Waals surface area contributed by atoms with Crippen LogP contribution < -0.4 is 9.47 Å². The van der Waals surface area contributed by atoms with E-state index < -0.39 is 0 Å². The lowest BCUT2D eigenvalue weighted by atomic mass is 9.92. The largest absolute Gasteiger partial charge is 0.457 e. The number of aldehydes is 1. The van der Waals surface area contributed by atoms with Crippen LogP contribution in [0.3, 0.4) is 0 Å². The molecule has 0 bridgehead atoms. The van der Waals surface area contributed by atoms with Crippen LogP contribution in [0.5, 0.6) is 17.2 Å². The highest BCUT2D eigenvalue weighted by Crippen LogP contribution is 2.42. The monoisotopic (exact) mass is 413 g/mol. The van der Waals surface area contributed by atoms with Gasteiger partial charge in [0.2, 0.25) is 0 Å². The Kier molecular flexibility index (Phi) is 5.42. The summed E-state index contributed by atoms with van der Waals surface area (Å²) in [6, 6.07) is 23.6. The predicted octanol–water partition coefficient (Wildman–Crippen LogP) is 4.99. The van der Waals surface area contributed by atoms with Gasteiger partial charge >= 0.3 is 0 Å². The summed E-state index contributed by atoms with van der Waals surface area (Å²) in [6.45, 7) is 2.81. The van der Waals surface area contributed by atoms with Crippen LogP contribution in [0.15, 0.2) is 84.8 Å². The van der Waals surface area contributed by atoms with E-state index in [9.17, 15) is 4.79 Å². The van der Waals surface area contributed by atoms with Crippen LogP contribution >= 0.6 is 0 Å². The van der Waals surface area contributed by atoms with E-state index in [1.54, 1.807) is 0 Å². The molecular weight excluding hydrogens is 390 g/mol. The minimum atomic E-state index is -0.331. The topological polar surface area (TPSA) is 48.0 Å². The second-order valence-corrected chi connectivity index (χ2v) is 7.53. The van der Waals surface area contributed by atoms with Gasteiger partial charge in [-0.15, -0.1) is 0 Å². The first-order chi connectivity index (χ1) is 15.3. The average Bonchev–Trinajstić information content (AvgIpc) is 2.85. The number of hydrogen-bond donors (Lipinski definition) is 0. The lowest BCUT2D eigenvalue weighted by Gasteiger charge is -2.34. The van der Waals surface area contributed by atoms with Crippen molar-refractivity contribution in [3.05, 3.63) is 90.3 Å². The Balaban J connectivity index is 1.45. The van der Waals surface area contributed by atoms with Gasteiger partial charge in [0.15, 0.2) is 5.88 Å². The van der Waals surface area contributed by atoms with Crippen molar-refractivity contribution >= 4 is 6.29 Å². The second-order valence-electron chi connectivity index (χ2n) is 7.53. The number of para-hydroxylation sites is 2. The molecule has 1 fully saturated rings. The first-order valence-corrected chi connectivity index (χ1v) is 10.5. The molecule has 0 spiro atoms.